The lowest BCUT2D eigenvalue weighted by atomic mass is 10.0. The molecule has 4 aromatic rings. The first-order valence-corrected chi connectivity index (χ1v) is 10.6. The number of halogens is 1. The maximum Gasteiger partial charge on any atom is 0.278 e. The van der Waals surface area contributed by atoms with Gasteiger partial charge in [-0.15, -0.1) is 0 Å². The Morgan fingerprint density at radius 2 is 2.07 bits per heavy atom. The first-order chi connectivity index (χ1) is 14.4. The third-order valence-corrected chi connectivity index (χ3v) is 6.38. The largest absolute Gasteiger partial charge is 0.380 e. The van der Waals surface area contributed by atoms with Crippen LogP contribution in [0.15, 0.2) is 33.8 Å². The molecule has 1 aliphatic rings. The fourth-order valence-corrected chi connectivity index (χ4v) is 4.48. The van der Waals surface area contributed by atoms with Crippen LogP contribution in [-0.2, 0) is 5.60 Å². The topological polar surface area (TPSA) is 98.5 Å². The Bertz CT molecular complexity index is 1320. The Balaban J connectivity index is 1.77. The number of rotatable bonds is 4. The predicted molar refractivity (Wildman–Crippen MR) is 113 cm³/mol. The summed E-state index contributed by atoms with van der Waals surface area (Å²) >= 11 is 6.22. The second-order valence-corrected chi connectivity index (χ2v) is 8.48. The number of hydrogen-bond donors (Lipinski definition) is 1. The highest BCUT2D eigenvalue weighted by atomic mass is 35.5. The maximum atomic E-state index is 13.6. The number of fused-ring (bicyclic) bond motifs is 3. The standard InChI is InChI=1S/C21H22ClN5O3/c1-3-12(2)27-15-10-13(22)6-7-14(15)26-11-23-16(17(26)19(27)28)18-24-20(30-25-18)21(29)8-4-5-9-21/h6-7,10-12,29H,3-5,8-9H2,1-2H3. The van der Waals surface area contributed by atoms with Crippen LogP contribution in [0.2, 0.25) is 5.02 Å². The summed E-state index contributed by atoms with van der Waals surface area (Å²) in [6, 6.07) is 5.42. The zero-order valence-corrected chi connectivity index (χ0v) is 17.6. The molecule has 0 radical (unpaired) electrons. The molecule has 0 spiro atoms. The van der Waals surface area contributed by atoms with Crippen LogP contribution in [0.3, 0.4) is 0 Å². The lowest BCUT2D eigenvalue weighted by molar-refractivity contribution is 0.0112. The van der Waals surface area contributed by atoms with Crippen LogP contribution in [0.4, 0.5) is 0 Å². The molecule has 1 N–H and O–H groups in total. The van der Waals surface area contributed by atoms with Gasteiger partial charge in [-0.05, 0) is 57.2 Å². The molecule has 8 nitrogen and oxygen atoms in total. The third-order valence-electron chi connectivity index (χ3n) is 6.14. The van der Waals surface area contributed by atoms with Crippen molar-refractivity contribution in [2.24, 2.45) is 0 Å². The van der Waals surface area contributed by atoms with Crippen LogP contribution in [-0.4, -0.2) is 29.2 Å². The van der Waals surface area contributed by atoms with Crippen LogP contribution >= 0.6 is 11.6 Å². The molecule has 1 saturated carbocycles. The van der Waals surface area contributed by atoms with Crippen molar-refractivity contribution in [2.75, 3.05) is 0 Å². The van der Waals surface area contributed by atoms with E-state index in [2.05, 4.69) is 15.1 Å². The van der Waals surface area contributed by atoms with Gasteiger partial charge in [0.25, 0.3) is 11.4 Å². The molecule has 1 fully saturated rings. The van der Waals surface area contributed by atoms with Gasteiger partial charge in [0.15, 0.2) is 0 Å². The average Bonchev–Trinajstić information content (AvgIpc) is 3.47. The Hall–Kier alpha value is -2.71. The molecular formula is C21H22ClN5O3. The van der Waals surface area contributed by atoms with Crippen LogP contribution in [0.25, 0.3) is 28.1 Å². The third kappa shape index (κ3) is 2.78. The summed E-state index contributed by atoms with van der Waals surface area (Å²) in [6.07, 6.45) is 5.37. The van der Waals surface area contributed by atoms with Gasteiger partial charge in [0.2, 0.25) is 5.82 Å². The van der Waals surface area contributed by atoms with Gasteiger partial charge in [-0.2, -0.15) is 4.98 Å². The molecule has 1 unspecified atom stereocenters. The summed E-state index contributed by atoms with van der Waals surface area (Å²) < 4.78 is 8.86. The van der Waals surface area contributed by atoms with E-state index >= 15 is 0 Å². The first kappa shape index (κ1) is 19.3. The maximum absolute atomic E-state index is 13.6. The fraction of sp³-hybridized carbons (Fsp3) is 0.429. The van der Waals surface area contributed by atoms with Gasteiger partial charge < -0.3 is 14.2 Å². The Kier molecular flexibility index (Phi) is 4.44. The van der Waals surface area contributed by atoms with Crippen molar-refractivity contribution in [1.82, 2.24) is 24.1 Å². The number of hydrogen-bond acceptors (Lipinski definition) is 6. The highest BCUT2D eigenvalue weighted by Crippen LogP contribution is 2.38. The normalized spacial score (nSPS) is 17.2. The van der Waals surface area contributed by atoms with Crippen LogP contribution in [0.1, 0.15) is 57.9 Å². The zero-order valence-electron chi connectivity index (χ0n) is 16.8. The lowest BCUT2D eigenvalue weighted by Crippen LogP contribution is -2.25. The molecule has 0 bridgehead atoms. The van der Waals surface area contributed by atoms with Crippen molar-refractivity contribution in [1.29, 1.82) is 0 Å². The molecule has 9 heteroatoms. The summed E-state index contributed by atoms with van der Waals surface area (Å²) in [5.41, 5.74) is 0.971. The monoisotopic (exact) mass is 427 g/mol. The fourth-order valence-electron chi connectivity index (χ4n) is 4.32. The molecule has 0 amide bonds. The zero-order chi connectivity index (χ0) is 21.0. The minimum absolute atomic E-state index is 0.0359. The highest BCUT2D eigenvalue weighted by Gasteiger charge is 2.39. The van der Waals surface area contributed by atoms with Gasteiger partial charge in [0, 0.05) is 11.1 Å². The van der Waals surface area contributed by atoms with Crippen molar-refractivity contribution in [3.8, 4) is 11.5 Å². The number of nitrogens with zero attached hydrogens (tertiary/aromatic N) is 5. The quantitative estimate of drug-likeness (QED) is 0.526. The van der Waals surface area contributed by atoms with Crippen LogP contribution in [0.5, 0.6) is 0 Å². The van der Waals surface area contributed by atoms with Gasteiger partial charge in [-0.1, -0.05) is 23.7 Å². The second-order valence-electron chi connectivity index (χ2n) is 8.04. The molecule has 30 heavy (non-hydrogen) atoms. The Morgan fingerprint density at radius 3 is 2.80 bits per heavy atom. The van der Waals surface area contributed by atoms with E-state index in [1.165, 1.54) is 0 Å². The minimum Gasteiger partial charge on any atom is -0.380 e. The lowest BCUT2D eigenvalue weighted by Gasteiger charge is -2.18. The van der Waals surface area contributed by atoms with E-state index in [1.807, 2.05) is 19.9 Å². The van der Waals surface area contributed by atoms with E-state index in [9.17, 15) is 9.90 Å². The Labute approximate surface area is 177 Å². The van der Waals surface area contributed by atoms with E-state index in [-0.39, 0.29) is 23.3 Å². The van der Waals surface area contributed by atoms with Gasteiger partial charge in [-0.25, -0.2) is 4.98 Å². The molecule has 3 heterocycles. The molecule has 0 saturated heterocycles. The SMILES string of the molecule is CCC(C)n1c(=O)c2c(-c3noc(C4(O)CCCC4)n3)ncn2c2ccc(Cl)cc21. The molecular weight excluding hydrogens is 406 g/mol. The number of aromatic nitrogens is 5. The van der Waals surface area contributed by atoms with E-state index in [0.717, 1.165) is 30.3 Å². The summed E-state index contributed by atoms with van der Waals surface area (Å²) in [4.78, 5) is 22.4. The van der Waals surface area contributed by atoms with Gasteiger partial charge in [0.1, 0.15) is 23.1 Å². The van der Waals surface area contributed by atoms with E-state index < -0.39 is 5.60 Å². The average molecular weight is 428 g/mol. The smallest absolute Gasteiger partial charge is 0.278 e. The van der Waals surface area contributed by atoms with Gasteiger partial charge >= 0.3 is 0 Å². The summed E-state index contributed by atoms with van der Waals surface area (Å²) in [7, 11) is 0. The van der Waals surface area contributed by atoms with E-state index in [4.69, 9.17) is 16.1 Å². The molecule has 5 rings (SSSR count). The molecule has 1 aromatic carbocycles. The number of imidazole rings is 1. The van der Waals surface area contributed by atoms with Crippen molar-refractivity contribution in [2.45, 2.75) is 57.6 Å². The number of aliphatic hydroxyl groups is 1. The first-order valence-electron chi connectivity index (χ1n) is 10.2. The number of benzene rings is 1. The van der Waals surface area contributed by atoms with Gasteiger partial charge in [0.05, 0.1) is 11.0 Å². The minimum atomic E-state index is -1.10. The van der Waals surface area contributed by atoms with Crippen LogP contribution in [0, 0.1) is 0 Å². The van der Waals surface area contributed by atoms with Gasteiger partial charge in [-0.3, -0.25) is 9.20 Å². The van der Waals surface area contributed by atoms with E-state index in [0.29, 0.717) is 29.1 Å². The van der Waals surface area contributed by atoms with Crippen molar-refractivity contribution in [3.05, 3.63) is 45.8 Å². The predicted octanol–water partition coefficient (Wildman–Crippen LogP) is 4.09. The summed E-state index contributed by atoms with van der Waals surface area (Å²) in [5, 5.41) is 15.4. The highest BCUT2D eigenvalue weighted by molar-refractivity contribution is 6.31. The molecule has 3 aromatic heterocycles. The summed E-state index contributed by atoms with van der Waals surface area (Å²) in [6.45, 7) is 4.03. The van der Waals surface area contributed by atoms with E-state index in [1.54, 1.807) is 27.4 Å². The second kappa shape index (κ2) is 6.92. The summed E-state index contributed by atoms with van der Waals surface area (Å²) in [5.74, 6) is 0.389. The van der Waals surface area contributed by atoms with Crippen molar-refractivity contribution < 1.29 is 9.63 Å². The van der Waals surface area contributed by atoms with Crippen LogP contribution < -0.4 is 5.56 Å². The molecule has 1 aliphatic carbocycles. The van der Waals surface area contributed by atoms with Crippen molar-refractivity contribution in [3.63, 3.8) is 0 Å². The molecule has 0 aliphatic heterocycles. The van der Waals surface area contributed by atoms with Crippen molar-refractivity contribution >= 4 is 28.2 Å². The molecule has 156 valence electrons. The molecule has 1 atom stereocenters. The Morgan fingerprint density at radius 1 is 1.30 bits per heavy atom.